The summed E-state index contributed by atoms with van der Waals surface area (Å²) in [5.74, 6) is 0.351. The van der Waals surface area contributed by atoms with Crippen molar-refractivity contribution < 1.29 is 4.79 Å². The molecule has 1 heterocycles. The molecule has 1 N–H and O–H groups in total. The Morgan fingerprint density at radius 3 is 2.40 bits per heavy atom. The van der Waals surface area contributed by atoms with E-state index in [2.05, 4.69) is 55.5 Å². The molecule has 0 aliphatic heterocycles. The average Bonchev–Trinajstić information content (AvgIpc) is 2.81. The highest BCUT2D eigenvalue weighted by Gasteiger charge is 2.11. The van der Waals surface area contributed by atoms with Crippen molar-refractivity contribution in [2.75, 3.05) is 0 Å². The molecule has 0 spiro atoms. The Labute approximate surface area is 150 Å². The van der Waals surface area contributed by atoms with Gasteiger partial charge in [-0.1, -0.05) is 43.7 Å². The molecule has 1 amide bonds. The molecule has 0 bridgehead atoms. The third-order valence-corrected chi connectivity index (χ3v) is 4.66. The second-order valence-corrected chi connectivity index (χ2v) is 7.10. The summed E-state index contributed by atoms with van der Waals surface area (Å²) in [7, 11) is 0. The lowest BCUT2D eigenvalue weighted by Crippen LogP contribution is -2.34. The molecular formula is C21H29N3O. The minimum Gasteiger partial charge on any atom is -0.350 e. The van der Waals surface area contributed by atoms with Gasteiger partial charge in [0.05, 0.1) is 12.2 Å². The van der Waals surface area contributed by atoms with Crippen LogP contribution in [0.1, 0.15) is 48.8 Å². The van der Waals surface area contributed by atoms with Crippen LogP contribution in [0.3, 0.4) is 0 Å². The van der Waals surface area contributed by atoms with Gasteiger partial charge in [0, 0.05) is 23.4 Å². The van der Waals surface area contributed by atoms with Crippen LogP contribution < -0.4 is 5.32 Å². The van der Waals surface area contributed by atoms with Crippen LogP contribution in [0.25, 0.3) is 6.08 Å². The molecular weight excluding hydrogens is 310 g/mol. The standard InChI is InChI=1S/C21H29N3O/c1-14(2)16(4)22-21(25)12-11-20-17(5)23-24(18(20)6)13-19-9-7-15(3)8-10-19/h7-12,14,16H,13H2,1-6H3,(H,22,25)/b12-11+. The van der Waals surface area contributed by atoms with Crippen LogP contribution in [0.4, 0.5) is 0 Å². The molecule has 0 aliphatic carbocycles. The molecule has 4 heteroatoms. The van der Waals surface area contributed by atoms with Crippen molar-refractivity contribution in [3.8, 4) is 0 Å². The normalized spacial score (nSPS) is 12.8. The van der Waals surface area contributed by atoms with Gasteiger partial charge in [0.2, 0.25) is 5.91 Å². The number of carbonyl (C=O) groups excluding carboxylic acids is 1. The van der Waals surface area contributed by atoms with Gasteiger partial charge in [0.15, 0.2) is 0 Å². The van der Waals surface area contributed by atoms with E-state index in [9.17, 15) is 4.79 Å². The summed E-state index contributed by atoms with van der Waals surface area (Å²) in [5, 5.41) is 7.62. The molecule has 0 saturated heterocycles. The molecule has 1 aromatic carbocycles. The maximum Gasteiger partial charge on any atom is 0.244 e. The van der Waals surface area contributed by atoms with Crippen molar-refractivity contribution in [2.45, 2.75) is 54.1 Å². The number of rotatable bonds is 6. The van der Waals surface area contributed by atoms with Crippen molar-refractivity contribution in [1.82, 2.24) is 15.1 Å². The first kappa shape index (κ1) is 19.0. The van der Waals surface area contributed by atoms with Crippen molar-refractivity contribution in [2.24, 2.45) is 5.92 Å². The number of hydrogen-bond acceptors (Lipinski definition) is 2. The third-order valence-electron chi connectivity index (χ3n) is 4.66. The molecule has 0 fully saturated rings. The van der Waals surface area contributed by atoms with E-state index in [-0.39, 0.29) is 11.9 Å². The lowest BCUT2D eigenvalue weighted by atomic mass is 10.1. The van der Waals surface area contributed by atoms with E-state index < -0.39 is 0 Å². The topological polar surface area (TPSA) is 46.9 Å². The highest BCUT2D eigenvalue weighted by atomic mass is 16.1. The molecule has 25 heavy (non-hydrogen) atoms. The minimum atomic E-state index is -0.0636. The fourth-order valence-corrected chi connectivity index (χ4v) is 2.57. The molecule has 1 aromatic heterocycles. The number of nitrogens with zero attached hydrogens (tertiary/aromatic N) is 2. The van der Waals surface area contributed by atoms with Crippen LogP contribution in [-0.4, -0.2) is 21.7 Å². The number of nitrogens with one attached hydrogen (secondary N) is 1. The van der Waals surface area contributed by atoms with Crippen LogP contribution in [-0.2, 0) is 11.3 Å². The Kier molecular flexibility index (Phi) is 6.18. The number of carbonyl (C=O) groups is 1. The lowest BCUT2D eigenvalue weighted by molar-refractivity contribution is -0.117. The average molecular weight is 339 g/mol. The first-order valence-electron chi connectivity index (χ1n) is 8.86. The zero-order chi connectivity index (χ0) is 18.6. The van der Waals surface area contributed by atoms with E-state index in [0.29, 0.717) is 5.92 Å². The Bertz CT molecular complexity index is 754. The molecule has 1 unspecified atom stereocenters. The molecule has 4 nitrogen and oxygen atoms in total. The second kappa shape index (κ2) is 8.15. The molecule has 0 saturated carbocycles. The Morgan fingerprint density at radius 2 is 1.80 bits per heavy atom. The number of hydrogen-bond donors (Lipinski definition) is 1. The first-order chi connectivity index (χ1) is 11.8. The SMILES string of the molecule is Cc1ccc(Cn2nc(C)c(/C=C/C(=O)NC(C)C(C)C)c2C)cc1. The fourth-order valence-electron chi connectivity index (χ4n) is 2.57. The molecule has 2 aromatic rings. The summed E-state index contributed by atoms with van der Waals surface area (Å²) in [6.45, 7) is 13.1. The van der Waals surface area contributed by atoms with E-state index >= 15 is 0 Å². The van der Waals surface area contributed by atoms with Gasteiger partial charge in [-0.2, -0.15) is 5.10 Å². The molecule has 0 radical (unpaired) electrons. The smallest absolute Gasteiger partial charge is 0.244 e. The van der Waals surface area contributed by atoms with Crippen molar-refractivity contribution in [3.05, 3.63) is 58.4 Å². The number of benzene rings is 1. The van der Waals surface area contributed by atoms with E-state index in [4.69, 9.17) is 0 Å². The summed E-state index contributed by atoms with van der Waals surface area (Å²) < 4.78 is 1.99. The summed E-state index contributed by atoms with van der Waals surface area (Å²) in [6.07, 6.45) is 3.47. The number of amides is 1. The molecule has 134 valence electrons. The van der Waals surface area contributed by atoms with Crippen LogP contribution in [0.2, 0.25) is 0 Å². The quantitative estimate of drug-likeness (QED) is 0.808. The van der Waals surface area contributed by atoms with Crippen LogP contribution in [0, 0.1) is 26.7 Å². The van der Waals surface area contributed by atoms with E-state index in [1.54, 1.807) is 6.08 Å². The van der Waals surface area contributed by atoms with Crippen LogP contribution in [0.15, 0.2) is 30.3 Å². The van der Waals surface area contributed by atoms with Crippen molar-refractivity contribution in [1.29, 1.82) is 0 Å². The second-order valence-electron chi connectivity index (χ2n) is 7.10. The monoisotopic (exact) mass is 339 g/mol. The maximum absolute atomic E-state index is 12.1. The summed E-state index contributed by atoms with van der Waals surface area (Å²) in [4.78, 5) is 12.1. The summed E-state index contributed by atoms with van der Waals surface area (Å²) in [5.41, 5.74) is 5.49. The fraction of sp³-hybridized carbons (Fsp3) is 0.429. The van der Waals surface area contributed by atoms with E-state index in [1.807, 2.05) is 31.5 Å². The van der Waals surface area contributed by atoms with Gasteiger partial charge in [-0.05, 0) is 45.3 Å². The van der Waals surface area contributed by atoms with Gasteiger partial charge < -0.3 is 5.32 Å². The van der Waals surface area contributed by atoms with E-state index in [0.717, 1.165) is 23.5 Å². The van der Waals surface area contributed by atoms with Crippen molar-refractivity contribution >= 4 is 12.0 Å². The number of aromatic nitrogens is 2. The van der Waals surface area contributed by atoms with Gasteiger partial charge in [0.1, 0.15) is 0 Å². The van der Waals surface area contributed by atoms with Gasteiger partial charge in [-0.3, -0.25) is 9.48 Å². The molecule has 2 rings (SSSR count). The van der Waals surface area contributed by atoms with E-state index in [1.165, 1.54) is 11.1 Å². The van der Waals surface area contributed by atoms with Crippen LogP contribution in [0.5, 0.6) is 0 Å². The third kappa shape index (κ3) is 5.05. The zero-order valence-corrected chi connectivity index (χ0v) is 16.1. The molecule has 1 atom stereocenters. The zero-order valence-electron chi connectivity index (χ0n) is 16.1. The highest BCUT2D eigenvalue weighted by Crippen LogP contribution is 2.17. The number of aryl methyl sites for hydroxylation is 2. The Morgan fingerprint density at radius 1 is 1.16 bits per heavy atom. The predicted octanol–water partition coefficient (Wildman–Crippen LogP) is 4.03. The predicted molar refractivity (Wildman–Crippen MR) is 103 cm³/mol. The van der Waals surface area contributed by atoms with Gasteiger partial charge in [-0.15, -0.1) is 0 Å². The largest absolute Gasteiger partial charge is 0.350 e. The minimum absolute atomic E-state index is 0.0636. The molecule has 0 aliphatic rings. The van der Waals surface area contributed by atoms with Crippen molar-refractivity contribution in [3.63, 3.8) is 0 Å². The Hall–Kier alpha value is -2.36. The highest BCUT2D eigenvalue weighted by molar-refractivity contribution is 5.92. The van der Waals surface area contributed by atoms with Gasteiger partial charge in [-0.25, -0.2) is 0 Å². The van der Waals surface area contributed by atoms with Gasteiger partial charge in [0.25, 0.3) is 0 Å². The summed E-state index contributed by atoms with van der Waals surface area (Å²) in [6, 6.07) is 8.64. The van der Waals surface area contributed by atoms with Crippen LogP contribution >= 0.6 is 0 Å². The maximum atomic E-state index is 12.1. The lowest BCUT2D eigenvalue weighted by Gasteiger charge is -2.15. The Balaban J connectivity index is 2.12. The summed E-state index contributed by atoms with van der Waals surface area (Å²) >= 11 is 0. The van der Waals surface area contributed by atoms with Gasteiger partial charge >= 0.3 is 0 Å². The first-order valence-corrected chi connectivity index (χ1v) is 8.86.